The van der Waals surface area contributed by atoms with E-state index in [9.17, 15) is 0 Å². The van der Waals surface area contributed by atoms with E-state index < -0.39 is 0 Å². The minimum Gasteiger partial charge on any atom is -0.313 e. The van der Waals surface area contributed by atoms with Crippen molar-refractivity contribution in [1.82, 2.24) is 15.1 Å². The number of aryl methyl sites for hydroxylation is 2. The van der Waals surface area contributed by atoms with Gasteiger partial charge in [0.25, 0.3) is 0 Å². The SMILES string of the molecule is CCCNCc1ccc(-c2cnn(C)c2)c(C)c1. The van der Waals surface area contributed by atoms with E-state index in [1.165, 1.54) is 28.7 Å². The van der Waals surface area contributed by atoms with Crippen molar-refractivity contribution in [2.45, 2.75) is 26.8 Å². The summed E-state index contributed by atoms with van der Waals surface area (Å²) in [7, 11) is 1.95. The van der Waals surface area contributed by atoms with Gasteiger partial charge in [0.1, 0.15) is 0 Å². The van der Waals surface area contributed by atoms with Crippen LogP contribution in [0.4, 0.5) is 0 Å². The molecular formula is C15H21N3. The molecule has 96 valence electrons. The van der Waals surface area contributed by atoms with Gasteiger partial charge in [-0.2, -0.15) is 5.10 Å². The van der Waals surface area contributed by atoms with Gasteiger partial charge in [0.15, 0.2) is 0 Å². The molecule has 0 aliphatic heterocycles. The number of hydrogen-bond donors (Lipinski definition) is 1. The first kappa shape index (κ1) is 12.8. The average Bonchev–Trinajstić information content (AvgIpc) is 2.76. The van der Waals surface area contributed by atoms with Crippen LogP contribution >= 0.6 is 0 Å². The van der Waals surface area contributed by atoms with Crippen LogP contribution in [0.25, 0.3) is 11.1 Å². The topological polar surface area (TPSA) is 29.9 Å². The first-order valence-electron chi connectivity index (χ1n) is 6.50. The summed E-state index contributed by atoms with van der Waals surface area (Å²) in [6, 6.07) is 6.64. The summed E-state index contributed by atoms with van der Waals surface area (Å²) in [6.45, 7) is 6.36. The Kier molecular flexibility index (Phi) is 4.15. The molecule has 0 aliphatic carbocycles. The number of nitrogens with one attached hydrogen (secondary N) is 1. The average molecular weight is 243 g/mol. The molecule has 2 aromatic rings. The second kappa shape index (κ2) is 5.83. The third-order valence-electron chi connectivity index (χ3n) is 3.06. The molecular weight excluding hydrogens is 222 g/mol. The lowest BCUT2D eigenvalue weighted by Gasteiger charge is -2.08. The number of rotatable bonds is 5. The molecule has 1 heterocycles. The van der Waals surface area contributed by atoms with Crippen LogP contribution in [-0.4, -0.2) is 16.3 Å². The highest BCUT2D eigenvalue weighted by Gasteiger charge is 2.04. The number of aromatic nitrogens is 2. The number of nitrogens with zero attached hydrogens (tertiary/aromatic N) is 2. The highest BCUT2D eigenvalue weighted by Crippen LogP contribution is 2.23. The summed E-state index contributed by atoms with van der Waals surface area (Å²) >= 11 is 0. The molecule has 1 N–H and O–H groups in total. The van der Waals surface area contributed by atoms with E-state index in [4.69, 9.17) is 0 Å². The normalized spacial score (nSPS) is 10.8. The van der Waals surface area contributed by atoms with E-state index in [0.29, 0.717) is 0 Å². The van der Waals surface area contributed by atoms with Gasteiger partial charge in [-0.3, -0.25) is 4.68 Å². The molecule has 0 saturated heterocycles. The van der Waals surface area contributed by atoms with Gasteiger partial charge < -0.3 is 5.32 Å². The maximum absolute atomic E-state index is 4.22. The van der Waals surface area contributed by atoms with Gasteiger partial charge in [0, 0.05) is 25.4 Å². The summed E-state index contributed by atoms with van der Waals surface area (Å²) in [4.78, 5) is 0. The highest BCUT2D eigenvalue weighted by molar-refractivity contribution is 5.66. The van der Waals surface area contributed by atoms with Crippen LogP contribution < -0.4 is 5.32 Å². The van der Waals surface area contributed by atoms with Gasteiger partial charge in [0.05, 0.1) is 6.20 Å². The second-order valence-electron chi connectivity index (χ2n) is 4.73. The smallest absolute Gasteiger partial charge is 0.0568 e. The van der Waals surface area contributed by atoms with Crippen LogP contribution in [0, 0.1) is 6.92 Å². The molecule has 0 aliphatic rings. The van der Waals surface area contributed by atoms with Gasteiger partial charge in [0.2, 0.25) is 0 Å². The Morgan fingerprint density at radius 1 is 1.33 bits per heavy atom. The standard InChI is InChI=1S/C15H21N3/c1-4-7-16-9-13-5-6-15(12(2)8-13)14-10-17-18(3)11-14/h5-6,8,10-11,16H,4,7,9H2,1-3H3. The van der Waals surface area contributed by atoms with Gasteiger partial charge >= 0.3 is 0 Å². The first-order chi connectivity index (χ1) is 8.70. The molecule has 1 aromatic heterocycles. The lowest BCUT2D eigenvalue weighted by molar-refractivity contribution is 0.675. The van der Waals surface area contributed by atoms with Gasteiger partial charge in [-0.25, -0.2) is 0 Å². The predicted octanol–water partition coefficient (Wildman–Crippen LogP) is 2.90. The van der Waals surface area contributed by atoms with Crippen molar-refractivity contribution in [3.05, 3.63) is 41.7 Å². The Morgan fingerprint density at radius 3 is 2.78 bits per heavy atom. The van der Waals surface area contributed by atoms with Crippen molar-refractivity contribution >= 4 is 0 Å². The van der Waals surface area contributed by atoms with E-state index in [2.05, 4.69) is 48.7 Å². The third-order valence-corrected chi connectivity index (χ3v) is 3.06. The van der Waals surface area contributed by atoms with Gasteiger partial charge in [-0.1, -0.05) is 25.1 Å². The van der Waals surface area contributed by atoms with E-state index in [1.807, 2.05) is 17.9 Å². The minimum absolute atomic E-state index is 0.946. The van der Waals surface area contributed by atoms with Crippen LogP contribution in [0.5, 0.6) is 0 Å². The van der Waals surface area contributed by atoms with E-state index in [-0.39, 0.29) is 0 Å². The zero-order valence-corrected chi connectivity index (χ0v) is 11.4. The molecule has 18 heavy (non-hydrogen) atoms. The van der Waals surface area contributed by atoms with Crippen LogP contribution in [0.15, 0.2) is 30.6 Å². The molecule has 0 unspecified atom stereocenters. The Bertz CT molecular complexity index is 514. The maximum Gasteiger partial charge on any atom is 0.0568 e. The summed E-state index contributed by atoms with van der Waals surface area (Å²) in [5.74, 6) is 0. The zero-order valence-electron chi connectivity index (χ0n) is 11.4. The largest absolute Gasteiger partial charge is 0.313 e. The Morgan fingerprint density at radius 2 is 2.17 bits per heavy atom. The predicted molar refractivity (Wildman–Crippen MR) is 75.4 cm³/mol. The molecule has 0 fully saturated rings. The van der Waals surface area contributed by atoms with E-state index in [1.54, 1.807) is 0 Å². The van der Waals surface area contributed by atoms with Crippen LogP contribution in [-0.2, 0) is 13.6 Å². The molecule has 0 radical (unpaired) electrons. The van der Waals surface area contributed by atoms with Crippen LogP contribution in [0.2, 0.25) is 0 Å². The van der Waals surface area contributed by atoms with E-state index >= 15 is 0 Å². The summed E-state index contributed by atoms with van der Waals surface area (Å²) in [5.41, 5.74) is 5.10. The number of hydrogen-bond acceptors (Lipinski definition) is 2. The third kappa shape index (κ3) is 2.99. The monoisotopic (exact) mass is 243 g/mol. The Hall–Kier alpha value is -1.61. The zero-order chi connectivity index (χ0) is 13.0. The fraction of sp³-hybridized carbons (Fsp3) is 0.400. The van der Waals surface area contributed by atoms with Crippen LogP contribution in [0.1, 0.15) is 24.5 Å². The first-order valence-corrected chi connectivity index (χ1v) is 6.50. The molecule has 0 atom stereocenters. The van der Waals surface area contributed by atoms with Gasteiger partial charge in [-0.15, -0.1) is 0 Å². The summed E-state index contributed by atoms with van der Waals surface area (Å²) < 4.78 is 1.84. The molecule has 1 aromatic carbocycles. The van der Waals surface area contributed by atoms with E-state index in [0.717, 1.165) is 13.1 Å². The van der Waals surface area contributed by atoms with Crippen molar-refractivity contribution in [3.63, 3.8) is 0 Å². The van der Waals surface area contributed by atoms with Crippen molar-refractivity contribution in [2.24, 2.45) is 7.05 Å². The number of benzene rings is 1. The van der Waals surface area contributed by atoms with Crippen molar-refractivity contribution < 1.29 is 0 Å². The van der Waals surface area contributed by atoms with Gasteiger partial charge in [-0.05, 0) is 36.6 Å². The highest BCUT2D eigenvalue weighted by atomic mass is 15.2. The Labute approximate surface area is 109 Å². The molecule has 3 heteroatoms. The molecule has 3 nitrogen and oxygen atoms in total. The quantitative estimate of drug-likeness (QED) is 0.818. The molecule has 0 spiro atoms. The Balaban J connectivity index is 2.15. The summed E-state index contributed by atoms with van der Waals surface area (Å²) in [5, 5.41) is 7.65. The second-order valence-corrected chi connectivity index (χ2v) is 4.73. The maximum atomic E-state index is 4.22. The molecule has 0 saturated carbocycles. The minimum atomic E-state index is 0.946. The molecule has 0 amide bonds. The van der Waals surface area contributed by atoms with Crippen molar-refractivity contribution in [1.29, 1.82) is 0 Å². The van der Waals surface area contributed by atoms with Crippen LogP contribution in [0.3, 0.4) is 0 Å². The summed E-state index contributed by atoms with van der Waals surface area (Å²) in [6.07, 6.45) is 5.14. The fourth-order valence-electron chi connectivity index (χ4n) is 2.13. The fourth-order valence-corrected chi connectivity index (χ4v) is 2.13. The molecule has 0 bridgehead atoms. The van der Waals surface area contributed by atoms with Crippen molar-refractivity contribution in [2.75, 3.05) is 6.54 Å². The van der Waals surface area contributed by atoms with Crippen molar-refractivity contribution in [3.8, 4) is 11.1 Å². The lowest BCUT2D eigenvalue weighted by atomic mass is 10.0. The molecule has 2 rings (SSSR count). The lowest BCUT2D eigenvalue weighted by Crippen LogP contribution is -2.13.